The minimum absolute atomic E-state index is 0.168. The first-order valence-electron chi connectivity index (χ1n) is 7.53. The molecule has 0 saturated carbocycles. The van der Waals surface area contributed by atoms with Crippen LogP contribution in [0.4, 0.5) is 0 Å². The molecular formula is C20H15NO3. The molecule has 0 aliphatic heterocycles. The smallest absolute Gasteiger partial charge is 0.349 e. The van der Waals surface area contributed by atoms with Crippen LogP contribution >= 0.6 is 0 Å². The summed E-state index contributed by atoms with van der Waals surface area (Å²) in [7, 11) is 0. The molecule has 0 aliphatic rings. The molecular weight excluding hydrogens is 302 g/mol. The average molecular weight is 317 g/mol. The summed E-state index contributed by atoms with van der Waals surface area (Å²) in [6.45, 7) is -0.168. The number of fused-ring (bicyclic) bond motifs is 1. The highest BCUT2D eigenvalue weighted by molar-refractivity contribution is 5.83. The highest BCUT2D eigenvalue weighted by atomic mass is 16.6. The van der Waals surface area contributed by atoms with Crippen LogP contribution in [0.25, 0.3) is 10.8 Å². The molecule has 0 amide bonds. The molecule has 0 fully saturated rings. The molecule has 0 heterocycles. The van der Waals surface area contributed by atoms with Crippen molar-refractivity contribution >= 4 is 16.7 Å². The van der Waals surface area contributed by atoms with Gasteiger partial charge in [0.05, 0.1) is 12.5 Å². The molecule has 0 radical (unpaired) electrons. The van der Waals surface area contributed by atoms with E-state index < -0.39 is 5.97 Å². The summed E-state index contributed by atoms with van der Waals surface area (Å²) >= 11 is 0. The van der Waals surface area contributed by atoms with Crippen LogP contribution in [0, 0.1) is 11.3 Å². The van der Waals surface area contributed by atoms with Gasteiger partial charge in [-0.2, -0.15) is 5.26 Å². The van der Waals surface area contributed by atoms with Crippen molar-refractivity contribution in [3.05, 3.63) is 72.3 Å². The Morgan fingerprint density at radius 3 is 2.38 bits per heavy atom. The van der Waals surface area contributed by atoms with Crippen LogP contribution in [0.3, 0.4) is 0 Å². The Labute approximate surface area is 139 Å². The predicted octanol–water partition coefficient (Wildman–Crippen LogP) is 3.89. The number of ether oxygens (including phenoxy) is 2. The van der Waals surface area contributed by atoms with E-state index in [0.717, 1.165) is 16.3 Å². The minimum Gasteiger partial charge on any atom is -0.482 e. The normalized spacial score (nSPS) is 10.1. The molecule has 118 valence electrons. The number of hydrogen-bond donors (Lipinski definition) is 0. The van der Waals surface area contributed by atoms with Crippen LogP contribution in [0.2, 0.25) is 0 Å². The van der Waals surface area contributed by atoms with Crippen LogP contribution in [-0.2, 0) is 11.2 Å². The zero-order valence-electron chi connectivity index (χ0n) is 12.9. The number of nitrogens with zero attached hydrogens (tertiary/aromatic N) is 1. The molecule has 4 nitrogen and oxygen atoms in total. The zero-order chi connectivity index (χ0) is 16.8. The van der Waals surface area contributed by atoms with Crippen molar-refractivity contribution in [3.8, 4) is 17.6 Å². The Kier molecular flexibility index (Phi) is 4.73. The maximum absolute atomic E-state index is 11.9. The lowest BCUT2D eigenvalue weighted by atomic mass is 10.1. The number of esters is 1. The largest absolute Gasteiger partial charge is 0.482 e. The van der Waals surface area contributed by atoms with E-state index in [0.29, 0.717) is 17.9 Å². The lowest BCUT2D eigenvalue weighted by Crippen LogP contribution is -2.17. The van der Waals surface area contributed by atoms with Crippen molar-refractivity contribution in [3.63, 3.8) is 0 Å². The molecule has 0 bridgehead atoms. The third-order valence-corrected chi connectivity index (χ3v) is 3.52. The summed E-state index contributed by atoms with van der Waals surface area (Å²) < 4.78 is 10.7. The highest BCUT2D eigenvalue weighted by Crippen LogP contribution is 2.20. The van der Waals surface area contributed by atoms with Crippen LogP contribution in [0.1, 0.15) is 5.56 Å². The van der Waals surface area contributed by atoms with Gasteiger partial charge in [-0.3, -0.25) is 0 Å². The number of benzene rings is 3. The molecule has 0 aromatic heterocycles. The molecule has 3 rings (SSSR count). The van der Waals surface area contributed by atoms with Gasteiger partial charge in [0.1, 0.15) is 11.5 Å². The van der Waals surface area contributed by atoms with E-state index >= 15 is 0 Å². The Balaban J connectivity index is 1.57. The SMILES string of the molecule is N#CCc1ccc(OC(=O)COc2ccc3ccccc3c2)cc1. The van der Waals surface area contributed by atoms with Gasteiger partial charge in [-0.05, 0) is 40.6 Å². The fourth-order valence-corrected chi connectivity index (χ4v) is 2.33. The fraction of sp³-hybridized carbons (Fsp3) is 0.100. The van der Waals surface area contributed by atoms with Gasteiger partial charge < -0.3 is 9.47 Å². The van der Waals surface area contributed by atoms with E-state index in [-0.39, 0.29) is 6.61 Å². The van der Waals surface area contributed by atoms with Gasteiger partial charge in [-0.15, -0.1) is 0 Å². The van der Waals surface area contributed by atoms with Crippen molar-refractivity contribution < 1.29 is 14.3 Å². The van der Waals surface area contributed by atoms with E-state index in [1.165, 1.54) is 0 Å². The molecule has 0 N–H and O–H groups in total. The maximum Gasteiger partial charge on any atom is 0.349 e. The van der Waals surface area contributed by atoms with E-state index in [1.807, 2.05) is 42.5 Å². The number of carbonyl (C=O) groups is 1. The summed E-state index contributed by atoms with van der Waals surface area (Å²) in [5, 5.41) is 10.8. The van der Waals surface area contributed by atoms with Crippen molar-refractivity contribution in [2.45, 2.75) is 6.42 Å². The van der Waals surface area contributed by atoms with Gasteiger partial charge in [0.2, 0.25) is 0 Å². The summed E-state index contributed by atoms with van der Waals surface area (Å²) in [6, 6.07) is 22.5. The van der Waals surface area contributed by atoms with Crippen molar-refractivity contribution in [2.24, 2.45) is 0 Å². The lowest BCUT2D eigenvalue weighted by Gasteiger charge is -2.08. The first kappa shape index (κ1) is 15.6. The number of hydrogen-bond acceptors (Lipinski definition) is 4. The summed E-state index contributed by atoms with van der Waals surface area (Å²) in [4.78, 5) is 11.9. The van der Waals surface area contributed by atoms with Crippen LogP contribution in [-0.4, -0.2) is 12.6 Å². The Morgan fingerprint density at radius 1 is 0.917 bits per heavy atom. The zero-order valence-corrected chi connectivity index (χ0v) is 12.9. The first-order chi connectivity index (χ1) is 11.7. The van der Waals surface area contributed by atoms with E-state index in [4.69, 9.17) is 14.7 Å². The maximum atomic E-state index is 11.9. The quantitative estimate of drug-likeness (QED) is 0.529. The van der Waals surface area contributed by atoms with E-state index in [2.05, 4.69) is 6.07 Å². The van der Waals surface area contributed by atoms with Gasteiger partial charge in [0.25, 0.3) is 0 Å². The Hall–Kier alpha value is -3.32. The van der Waals surface area contributed by atoms with Crippen molar-refractivity contribution in [1.29, 1.82) is 5.26 Å². The molecule has 24 heavy (non-hydrogen) atoms. The van der Waals surface area contributed by atoms with Crippen molar-refractivity contribution in [1.82, 2.24) is 0 Å². The molecule has 0 aliphatic carbocycles. The van der Waals surface area contributed by atoms with Gasteiger partial charge in [0, 0.05) is 0 Å². The highest BCUT2D eigenvalue weighted by Gasteiger charge is 2.07. The minimum atomic E-state index is -0.476. The third kappa shape index (κ3) is 3.90. The molecule has 3 aromatic rings. The second kappa shape index (κ2) is 7.30. The van der Waals surface area contributed by atoms with Crippen LogP contribution in [0.5, 0.6) is 11.5 Å². The molecule has 0 saturated heterocycles. The standard InChI is InChI=1S/C20H15NO3/c21-12-11-15-5-8-18(9-6-15)24-20(22)14-23-19-10-7-16-3-1-2-4-17(16)13-19/h1-10,13H,11,14H2. The second-order valence-electron chi connectivity index (χ2n) is 5.25. The van der Waals surface area contributed by atoms with Crippen LogP contribution in [0.15, 0.2) is 66.7 Å². The molecule has 3 aromatic carbocycles. The van der Waals surface area contributed by atoms with Crippen molar-refractivity contribution in [2.75, 3.05) is 6.61 Å². The molecule has 0 spiro atoms. The van der Waals surface area contributed by atoms with Crippen LogP contribution < -0.4 is 9.47 Å². The number of nitriles is 1. The van der Waals surface area contributed by atoms with E-state index in [1.54, 1.807) is 24.3 Å². The van der Waals surface area contributed by atoms with Gasteiger partial charge >= 0.3 is 5.97 Å². The average Bonchev–Trinajstić information content (AvgIpc) is 2.62. The Morgan fingerprint density at radius 2 is 1.62 bits per heavy atom. The van der Waals surface area contributed by atoms with Gasteiger partial charge in [-0.1, -0.05) is 42.5 Å². The fourth-order valence-electron chi connectivity index (χ4n) is 2.33. The Bertz CT molecular complexity index is 895. The number of carbonyl (C=O) groups excluding carboxylic acids is 1. The van der Waals surface area contributed by atoms with Gasteiger partial charge in [0.15, 0.2) is 6.61 Å². The summed E-state index contributed by atoms with van der Waals surface area (Å²) in [5.41, 5.74) is 0.879. The molecule has 0 atom stereocenters. The molecule has 0 unspecified atom stereocenters. The topological polar surface area (TPSA) is 59.3 Å². The lowest BCUT2D eigenvalue weighted by molar-refractivity contribution is -0.136. The summed E-state index contributed by atoms with van der Waals surface area (Å²) in [6.07, 6.45) is 0.333. The number of rotatable bonds is 5. The first-order valence-corrected chi connectivity index (χ1v) is 7.53. The second-order valence-corrected chi connectivity index (χ2v) is 5.25. The third-order valence-electron chi connectivity index (χ3n) is 3.52. The van der Waals surface area contributed by atoms with Gasteiger partial charge in [-0.25, -0.2) is 4.79 Å². The predicted molar refractivity (Wildman–Crippen MR) is 90.8 cm³/mol. The molecule has 4 heteroatoms. The monoisotopic (exact) mass is 317 g/mol. The van der Waals surface area contributed by atoms with E-state index in [9.17, 15) is 4.79 Å². The summed E-state index contributed by atoms with van der Waals surface area (Å²) in [5.74, 6) is 0.579.